The molecule has 1 aliphatic rings. The molecule has 0 unspecified atom stereocenters. The summed E-state index contributed by atoms with van der Waals surface area (Å²) in [5.41, 5.74) is 1.42. The van der Waals surface area contributed by atoms with Crippen LogP contribution in [0.25, 0.3) is 0 Å². The number of carboxylic acids is 1. The predicted molar refractivity (Wildman–Crippen MR) is 171 cm³/mol. The second-order valence-electron chi connectivity index (χ2n) is 12.4. The number of carboxylic acid groups (broad SMARTS) is 1. The number of aliphatic hydroxyl groups excluding tert-OH is 1. The first-order valence-electron chi connectivity index (χ1n) is 15.9. The van der Waals surface area contributed by atoms with Crippen molar-refractivity contribution in [1.29, 1.82) is 0 Å². The van der Waals surface area contributed by atoms with Gasteiger partial charge in [-0.05, 0) is 76.1 Å². The molecule has 0 saturated carbocycles. The molecule has 2 aromatic rings. The van der Waals surface area contributed by atoms with Crippen LogP contribution in [0.2, 0.25) is 0 Å². The van der Waals surface area contributed by atoms with Crippen LogP contribution in [0.5, 0.6) is 5.75 Å². The summed E-state index contributed by atoms with van der Waals surface area (Å²) in [6.45, 7) is 7.00. The molecule has 0 aliphatic carbocycles. The van der Waals surface area contributed by atoms with E-state index in [1.165, 1.54) is 23.1 Å². The van der Waals surface area contributed by atoms with Crippen LogP contribution in [-0.2, 0) is 16.1 Å². The predicted octanol–water partition coefficient (Wildman–Crippen LogP) is 5.59. The van der Waals surface area contributed by atoms with Crippen molar-refractivity contribution < 1.29 is 47.2 Å². The third-order valence-corrected chi connectivity index (χ3v) is 8.12. The highest BCUT2D eigenvalue weighted by atomic mass is 19.4. The van der Waals surface area contributed by atoms with E-state index in [-0.39, 0.29) is 53.8 Å². The minimum absolute atomic E-state index is 0.120. The lowest BCUT2D eigenvalue weighted by Crippen LogP contribution is -2.47. The van der Waals surface area contributed by atoms with Gasteiger partial charge in [0.25, 0.3) is 5.91 Å². The maximum atomic E-state index is 14.2. The topological polar surface area (TPSA) is 129 Å². The number of alkyl halides is 3. The number of aromatic carboxylic acids is 1. The van der Waals surface area contributed by atoms with Crippen LogP contribution >= 0.6 is 0 Å². The lowest BCUT2D eigenvalue weighted by molar-refractivity contribution is -0.142. The van der Waals surface area contributed by atoms with Gasteiger partial charge in [-0.2, -0.15) is 13.2 Å². The summed E-state index contributed by atoms with van der Waals surface area (Å²) >= 11 is 0. The first kappa shape index (κ1) is 37.8. The van der Waals surface area contributed by atoms with E-state index in [1.807, 2.05) is 20.9 Å². The van der Waals surface area contributed by atoms with Crippen LogP contribution in [0.15, 0.2) is 42.5 Å². The van der Waals surface area contributed by atoms with Gasteiger partial charge in [0.05, 0.1) is 42.4 Å². The van der Waals surface area contributed by atoms with Gasteiger partial charge in [-0.3, -0.25) is 14.5 Å². The van der Waals surface area contributed by atoms with Gasteiger partial charge in [0.2, 0.25) is 5.91 Å². The average molecular weight is 666 g/mol. The zero-order valence-electron chi connectivity index (χ0n) is 27.4. The van der Waals surface area contributed by atoms with Crippen LogP contribution in [0.3, 0.4) is 0 Å². The molecule has 1 heterocycles. The molecule has 13 heteroatoms. The number of nitrogens with one attached hydrogen (secondary N) is 1. The number of aliphatic hydroxyl groups is 1. The second-order valence-corrected chi connectivity index (χ2v) is 12.4. The quantitative estimate of drug-likeness (QED) is 0.300. The van der Waals surface area contributed by atoms with E-state index >= 15 is 0 Å². The van der Waals surface area contributed by atoms with Crippen LogP contribution in [0, 0.1) is 5.92 Å². The smallest absolute Gasteiger partial charge is 0.389 e. The molecule has 4 atom stereocenters. The van der Waals surface area contributed by atoms with Crippen molar-refractivity contribution in [2.45, 2.75) is 83.8 Å². The summed E-state index contributed by atoms with van der Waals surface area (Å²) in [6, 6.07) is 10.5. The maximum absolute atomic E-state index is 14.2. The van der Waals surface area contributed by atoms with Gasteiger partial charge in [-0.1, -0.05) is 19.1 Å². The van der Waals surface area contributed by atoms with Crippen molar-refractivity contribution >= 4 is 23.5 Å². The number of ether oxygens (including phenoxy) is 2. The third kappa shape index (κ3) is 12.1. The first-order valence-corrected chi connectivity index (χ1v) is 15.9. The molecular weight excluding hydrogens is 619 g/mol. The molecule has 0 spiro atoms. The molecule has 0 fully saturated rings. The molecule has 3 rings (SSSR count). The third-order valence-electron chi connectivity index (χ3n) is 8.12. The summed E-state index contributed by atoms with van der Waals surface area (Å²) in [6.07, 6.45) is -4.80. The summed E-state index contributed by atoms with van der Waals surface area (Å²) < 4.78 is 50.5. The highest BCUT2D eigenvalue weighted by Gasteiger charge is 2.31. The van der Waals surface area contributed by atoms with E-state index < -0.39 is 42.8 Å². The van der Waals surface area contributed by atoms with Crippen molar-refractivity contribution in [2.75, 3.05) is 38.7 Å². The number of likely N-dealkylation sites (N-methyl/N-ethyl adjacent to an activating group) is 1. The normalized spacial score (nSPS) is 20.6. The number of carbonyl (C=O) groups is 3. The Balaban J connectivity index is 1.87. The number of carbonyl (C=O) groups excluding carboxylic acids is 2. The van der Waals surface area contributed by atoms with Crippen molar-refractivity contribution in [3.05, 3.63) is 59.2 Å². The van der Waals surface area contributed by atoms with Gasteiger partial charge in [0.1, 0.15) is 5.75 Å². The molecular formula is C34H46F3N3O7. The second kappa shape index (κ2) is 17.5. The van der Waals surface area contributed by atoms with Crippen LogP contribution in [-0.4, -0.2) is 95.6 Å². The largest absolute Gasteiger partial charge is 0.490 e. The molecule has 2 aromatic carbocycles. The molecule has 0 aromatic heterocycles. The van der Waals surface area contributed by atoms with E-state index in [0.29, 0.717) is 26.1 Å². The van der Waals surface area contributed by atoms with Gasteiger partial charge in [0, 0.05) is 44.3 Å². The number of anilines is 1. The number of fused-ring (bicyclic) bond motifs is 1. The van der Waals surface area contributed by atoms with E-state index in [1.54, 1.807) is 31.2 Å². The number of hydrogen-bond donors (Lipinski definition) is 3. The molecule has 3 N–H and O–H groups in total. The van der Waals surface area contributed by atoms with E-state index in [4.69, 9.17) is 9.47 Å². The molecule has 0 saturated heterocycles. The van der Waals surface area contributed by atoms with Crippen molar-refractivity contribution in [3.63, 3.8) is 0 Å². The summed E-state index contributed by atoms with van der Waals surface area (Å²) in [5.74, 6) is -2.21. The lowest BCUT2D eigenvalue weighted by Gasteiger charge is -2.36. The Bertz CT molecular complexity index is 1340. The van der Waals surface area contributed by atoms with Crippen LogP contribution < -0.4 is 10.1 Å². The zero-order chi connectivity index (χ0) is 34.7. The van der Waals surface area contributed by atoms with E-state index in [9.17, 15) is 37.8 Å². The minimum Gasteiger partial charge on any atom is -0.490 e. The fourth-order valence-corrected chi connectivity index (χ4v) is 5.38. The Kier molecular flexibility index (Phi) is 14.0. The molecule has 1 aliphatic heterocycles. The molecule has 47 heavy (non-hydrogen) atoms. The van der Waals surface area contributed by atoms with Gasteiger partial charge in [0.15, 0.2) is 0 Å². The van der Waals surface area contributed by atoms with E-state index in [2.05, 4.69) is 10.2 Å². The monoisotopic (exact) mass is 665 g/mol. The van der Waals surface area contributed by atoms with Crippen molar-refractivity contribution in [3.8, 4) is 5.75 Å². The fraction of sp³-hybridized carbons (Fsp3) is 0.559. The Morgan fingerprint density at radius 1 is 1.13 bits per heavy atom. The zero-order valence-corrected chi connectivity index (χ0v) is 27.4. The Morgan fingerprint density at radius 3 is 2.47 bits per heavy atom. The molecule has 0 radical (unpaired) electrons. The van der Waals surface area contributed by atoms with Crippen LogP contribution in [0.1, 0.15) is 79.2 Å². The SMILES string of the molecule is C[C@H](CO)N1C[C@H](C)[C@@H](CN(C)Cc2ccc(C(=O)O)cc2)OCCCC[C@H](C)Oc2ccc(NC(=O)CCC(F)(F)F)cc2C1=O. The lowest BCUT2D eigenvalue weighted by atomic mass is 10.0. The van der Waals surface area contributed by atoms with Gasteiger partial charge in [-0.25, -0.2) is 4.79 Å². The number of amides is 2. The standard InChI is InChI=1S/C34H46F3N3O7/c1-22-18-40(23(2)21-41)32(43)28-17-27(38-31(42)14-15-34(35,36)37)12-13-29(28)47-24(3)7-5-6-16-46-30(22)20-39(4)19-25-8-10-26(11-9-25)33(44)45/h8-13,17,22-24,30,41H,5-7,14-16,18-21H2,1-4H3,(H,38,42)(H,44,45)/t22-,23+,24-,30+/m0/s1. The minimum atomic E-state index is -4.48. The Labute approximate surface area is 273 Å². The number of halogens is 3. The van der Waals surface area contributed by atoms with E-state index in [0.717, 1.165) is 18.4 Å². The number of nitrogens with zero attached hydrogens (tertiary/aromatic N) is 2. The molecule has 0 bridgehead atoms. The number of rotatable bonds is 10. The van der Waals surface area contributed by atoms with Crippen molar-refractivity contribution in [1.82, 2.24) is 9.80 Å². The summed E-state index contributed by atoms with van der Waals surface area (Å²) in [7, 11) is 1.94. The summed E-state index contributed by atoms with van der Waals surface area (Å²) in [4.78, 5) is 41.3. The highest BCUT2D eigenvalue weighted by Crippen LogP contribution is 2.29. The molecule has 10 nitrogen and oxygen atoms in total. The number of hydrogen-bond acceptors (Lipinski definition) is 7. The highest BCUT2D eigenvalue weighted by molar-refractivity contribution is 5.99. The summed E-state index contributed by atoms with van der Waals surface area (Å²) in [5, 5.41) is 21.8. The van der Waals surface area contributed by atoms with Gasteiger partial charge >= 0.3 is 12.1 Å². The Hall–Kier alpha value is -3.68. The molecule has 2 amide bonds. The maximum Gasteiger partial charge on any atom is 0.389 e. The first-order chi connectivity index (χ1) is 22.2. The van der Waals surface area contributed by atoms with Gasteiger partial charge < -0.3 is 29.9 Å². The van der Waals surface area contributed by atoms with Crippen LogP contribution in [0.4, 0.5) is 18.9 Å². The van der Waals surface area contributed by atoms with Gasteiger partial charge in [-0.15, -0.1) is 0 Å². The molecule has 260 valence electrons. The number of benzene rings is 2. The van der Waals surface area contributed by atoms with Crippen molar-refractivity contribution in [2.24, 2.45) is 5.92 Å². The fourth-order valence-electron chi connectivity index (χ4n) is 5.38. The Morgan fingerprint density at radius 2 is 1.83 bits per heavy atom. The average Bonchev–Trinajstić information content (AvgIpc) is 3.01.